The number of carbonyl (C=O) groups excluding carboxylic acids is 2. The fraction of sp³-hybridized carbons (Fsp3) is 0.455. The predicted octanol–water partition coefficient (Wildman–Crippen LogP) is 1.68. The van der Waals surface area contributed by atoms with Crippen LogP contribution in [0.2, 0.25) is 0 Å². The molecule has 0 fully saturated rings. The molecular weight excluding hydrogens is 214 g/mol. The van der Waals surface area contributed by atoms with Gasteiger partial charge in [0, 0.05) is 12.1 Å². The number of carbonyl (C=O) groups is 2. The van der Waals surface area contributed by atoms with E-state index in [1.165, 1.54) is 0 Å². The summed E-state index contributed by atoms with van der Waals surface area (Å²) in [7, 11) is 0. The lowest BCUT2D eigenvalue weighted by atomic mass is 9.90. The molecule has 2 rings (SSSR count). The van der Waals surface area contributed by atoms with Gasteiger partial charge in [-0.3, -0.25) is 9.59 Å². The molecule has 0 radical (unpaired) electrons. The summed E-state index contributed by atoms with van der Waals surface area (Å²) < 4.78 is 0. The van der Waals surface area contributed by atoms with E-state index in [1.807, 2.05) is 6.08 Å². The number of hydrogen-bond acceptors (Lipinski definition) is 2. The lowest BCUT2D eigenvalue weighted by Gasteiger charge is -2.23. The van der Waals surface area contributed by atoms with Gasteiger partial charge in [-0.25, -0.2) is 0 Å². The normalized spacial score (nSPS) is 20.6. The van der Waals surface area contributed by atoms with Crippen LogP contribution in [0.3, 0.4) is 0 Å². The van der Waals surface area contributed by atoms with Crippen LogP contribution in [-0.2, 0) is 9.59 Å². The van der Waals surface area contributed by atoms with Crippen LogP contribution in [0, 0.1) is 0 Å². The molecule has 1 aliphatic carbocycles. The number of ketones is 1. The summed E-state index contributed by atoms with van der Waals surface area (Å²) in [5.41, 5.74) is 2.87. The van der Waals surface area contributed by atoms with Crippen molar-refractivity contribution in [2.24, 2.45) is 0 Å². The number of rotatable bonds is 2. The number of amides is 1. The van der Waals surface area contributed by atoms with Gasteiger partial charge < -0.3 is 5.32 Å². The maximum atomic E-state index is 11.4. The molecule has 0 aromatic carbocycles. The minimum Gasteiger partial charge on any atom is -0.329 e. The van der Waals surface area contributed by atoms with Crippen molar-refractivity contribution in [3.05, 3.63) is 22.9 Å². The molecule has 0 bridgehead atoms. The van der Waals surface area contributed by atoms with Gasteiger partial charge in [0.25, 0.3) is 0 Å². The Labute approximate surface area is 93.2 Å². The number of alkyl halides is 1. The molecule has 1 heterocycles. The number of Topliss-reactive ketones (excluding diaryl/α,β-unsaturated/α-hetero) is 1. The number of nitrogens with one attached hydrogen (secondary N) is 1. The Morgan fingerprint density at radius 3 is 2.87 bits per heavy atom. The van der Waals surface area contributed by atoms with Gasteiger partial charge in [-0.2, -0.15) is 0 Å². The Hall–Kier alpha value is -1.09. The fourth-order valence-corrected chi connectivity index (χ4v) is 2.11. The Balaban J connectivity index is 2.22. The first kappa shape index (κ1) is 10.4. The van der Waals surface area contributed by atoms with Crippen molar-refractivity contribution in [3.8, 4) is 0 Å². The minimum absolute atomic E-state index is 0.000108. The van der Waals surface area contributed by atoms with Crippen molar-refractivity contribution in [1.29, 1.82) is 0 Å². The average Bonchev–Trinajstić information content (AvgIpc) is 2.27. The molecule has 4 heteroatoms. The molecule has 0 saturated carbocycles. The van der Waals surface area contributed by atoms with Crippen LogP contribution < -0.4 is 5.32 Å². The first-order valence-corrected chi connectivity index (χ1v) is 5.56. The summed E-state index contributed by atoms with van der Waals surface area (Å²) in [5.74, 6) is 0.121. The van der Waals surface area contributed by atoms with Gasteiger partial charge in [0.15, 0.2) is 5.78 Å². The standard InChI is InChI=1S/C11H12ClNO2/c12-6-10(14)8-1-3-9-7(5-8)2-4-11(15)13-9/h5H,1-4,6H2,(H,13,15). The summed E-state index contributed by atoms with van der Waals surface area (Å²) in [6.07, 6.45) is 4.57. The number of hydrogen-bond donors (Lipinski definition) is 1. The van der Waals surface area contributed by atoms with Gasteiger partial charge in [-0.15, -0.1) is 11.6 Å². The van der Waals surface area contributed by atoms with E-state index >= 15 is 0 Å². The van der Waals surface area contributed by atoms with Crippen LogP contribution in [0.5, 0.6) is 0 Å². The van der Waals surface area contributed by atoms with Gasteiger partial charge in [0.1, 0.15) is 0 Å². The lowest BCUT2D eigenvalue weighted by Crippen LogP contribution is -2.29. The average molecular weight is 226 g/mol. The smallest absolute Gasteiger partial charge is 0.224 e. The second-order valence-corrected chi connectivity index (χ2v) is 4.05. The van der Waals surface area contributed by atoms with Gasteiger partial charge in [0.05, 0.1) is 5.88 Å². The number of allylic oxidation sites excluding steroid dienone is 4. The molecule has 0 saturated heterocycles. The molecule has 80 valence electrons. The Morgan fingerprint density at radius 1 is 1.33 bits per heavy atom. The molecule has 1 amide bonds. The van der Waals surface area contributed by atoms with Gasteiger partial charge >= 0.3 is 0 Å². The zero-order valence-corrected chi connectivity index (χ0v) is 9.06. The third kappa shape index (κ3) is 2.12. The van der Waals surface area contributed by atoms with E-state index in [4.69, 9.17) is 11.6 Å². The zero-order chi connectivity index (χ0) is 10.8. The van der Waals surface area contributed by atoms with Crippen molar-refractivity contribution in [1.82, 2.24) is 5.32 Å². The molecule has 0 unspecified atom stereocenters. The lowest BCUT2D eigenvalue weighted by molar-refractivity contribution is -0.120. The van der Waals surface area contributed by atoms with E-state index in [0.717, 1.165) is 29.7 Å². The number of halogens is 1. The van der Waals surface area contributed by atoms with E-state index < -0.39 is 0 Å². The largest absolute Gasteiger partial charge is 0.329 e. The third-order valence-corrected chi connectivity index (χ3v) is 3.01. The molecule has 3 nitrogen and oxygen atoms in total. The van der Waals surface area contributed by atoms with Crippen molar-refractivity contribution in [2.75, 3.05) is 5.88 Å². The van der Waals surface area contributed by atoms with Crippen molar-refractivity contribution < 1.29 is 9.59 Å². The monoisotopic (exact) mass is 225 g/mol. The molecule has 0 atom stereocenters. The Morgan fingerprint density at radius 2 is 2.13 bits per heavy atom. The van der Waals surface area contributed by atoms with E-state index in [1.54, 1.807) is 0 Å². The first-order chi connectivity index (χ1) is 7.20. The van der Waals surface area contributed by atoms with E-state index in [9.17, 15) is 9.59 Å². The van der Waals surface area contributed by atoms with Crippen LogP contribution in [0.25, 0.3) is 0 Å². The maximum absolute atomic E-state index is 11.4. The van der Waals surface area contributed by atoms with E-state index in [-0.39, 0.29) is 17.6 Å². The highest BCUT2D eigenvalue weighted by atomic mass is 35.5. The van der Waals surface area contributed by atoms with Gasteiger partial charge in [-0.1, -0.05) is 6.08 Å². The molecule has 0 aromatic heterocycles. The fourth-order valence-electron chi connectivity index (χ4n) is 1.94. The van der Waals surface area contributed by atoms with E-state index in [2.05, 4.69) is 5.32 Å². The summed E-state index contributed by atoms with van der Waals surface area (Å²) >= 11 is 5.51. The van der Waals surface area contributed by atoms with Crippen LogP contribution in [0.4, 0.5) is 0 Å². The second kappa shape index (κ2) is 4.19. The SMILES string of the molecule is O=C1CCC2=C(CCC(C(=O)CCl)=C2)N1. The minimum atomic E-state index is 0.000108. The second-order valence-electron chi connectivity index (χ2n) is 3.78. The van der Waals surface area contributed by atoms with Crippen molar-refractivity contribution >= 4 is 23.3 Å². The Kier molecular flexibility index (Phi) is 2.91. The maximum Gasteiger partial charge on any atom is 0.224 e. The van der Waals surface area contributed by atoms with Crippen LogP contribution >= 0.6 is 11.6 Å². The quantitative estimate of drug-likeness (QED) is 0.727. The summed E-state index contributed by atoms with van der Waals surface area (Å²) in [5, 5.41) is 2.85. The highest BCUT2D eigenvalue weighted by Gasteiger charge is 2.22. The highest BCUT2D eigenvalue weighted by Crippen LogP contribution is 2.28. The molecule has 2 aliphatic rings. The van der Waals surface area contributed by atoms with Gasteiger partial charge in [0.2, 0.25) is 5.91 Å². The predicted molar refractivity (Wildman–Crippen MR) is 57.4 cm³/mol. The summed E-state index contributed by atoms with van der Waals surface area (Å²) in [6, 6.07) is 0. The molecule has 0 aromatic rings. The molecule has 1 aliphatic heterocycles. The van der Waals surface area contributed by atoms with Crippen LogP contribution in [0.15, 0.2) is 22.9 Å². The van der Waals surface area contributed by atoms with E-state index in [0.29, 0.717) is 12.8 Å². The molecule has 1 N–H and O–H groups in total. The molecular formula is C11H12ClNO2. The molecule has 0 spiro atoms. The Bertz CT molecular complexity index is 382. The van der Waals surface area contributed by atoms with Crippen LogP contribution in [0.1, 0.15) is 25.7 Å². The molecule has 15 heavy (non-hydrogen) atoms. The third-order valence-electron chi connectivity index (χ3n) is 2.77. The summed E-state index contributed by atoms with van der Waals surface area (Å²) in [4.78, 5) is 22.5. The van der Waals surface area contributed by atoms with Crippen molar-refractivity contribution in [3.63, 3.8) is 0 Å². The highest BCUT2D eigenvalue weighted by molar-refractivity contribution is 6.30. The first-order valence-electron chi connectivity index (χ1n) is 5.02. The van der Waals surface area contributed by atoms with Gasteiger partial charge in [-0.05, 0) is 30.4 Å². The van der Waals surface area contributed by atoms with Crippen molar-refractivity contribution in [2.45, 2.75) is 25.7 Å². The van der Waals surface area contributed by atoms with Crippen LogP contribution in [-0.4, -0.2) is 17.6 Å². The summed E-state index contributed by atoms with van der Waals surface area (Å²) in [6.45, 7) is 0. The topological polar surface area (TPSA) is 46.2 Å². The zero-order valence-electron chi connectivity index (χ0n) is 8.31.